The Hall–Kier alpha value is -3.33. The molecule has 1 heterocycles. The fourth-order valence-electron chi connectivity index (χ4n) is 3.18. The fraction of sp³-hybridized carbons (Fsp3) is 0.286. The number of carbonyl (C=O) groups is 1. The molecule has 0 radical (unpaired) electrons. The van der Waals surface area contributed by atoms with Gasteiger partial charge in [0.05, 0.1) is 37.3 Å². The van der Waals surface area contributed by atoms with Crippen molar-refractivity contribution in [3.63, 3.8) is 0 Å². The van der Waals surface area contributed by atoms with Gasteiger partial charge in [-0.2, -0.15) is 5.26 Å². The van der Waals surface area contributed by atoms with Crippen LogP contribution >= 0.6 is 0 Å². The number of anilines is 1. The first-order chi connectivity index (χ1) is 13.1. The Morgan fingerprint density at radius 2 is 1.93 bits per heavy atom. The molecule has 27 heavy (non-hydrogen) atoms. The number of fused-ring (bicyclic) bond motifs is 1. The molecule has 2 aromatic rings. The number of nitrogens with zero attached hydrogens (tertiary/aromatic N) is 3. The van der Waals surface area contributed by atoms with E-state index in [-0.39, 0.29) is 12.5 Å². The van der Waals surface area contributed by atoms with Crippen LogP contribution in [0.25, 0.3) is 0 Å². The minimum absolute atomic E-state index is 0.0470. The number of hydrogen-bond donors (Lipinski definition) is 0. The Morgan fingerprint density at radius 3 is 2.59 bits per heavy atom. The molecule has 0 bridgehead atoms. The lowest BCUT2D eigenvalue weighted by Gasteiger charge is -2.24. The predicted octanol–water partition coefficient (Wildman–Crippen LogP) is 3.17. The monoisotopic (exact) mass is 363 g/mol. The van der Waals surface area contributed by atoms with Crippen molar-refractivity contribution in [3.8, 4) is 17.6 Å². The number of aliphatic imine (C=N–C) groups is 1. The van der Waals surface area contributed by atoms with Crippen molar-refractivity contribution in [2.75, 3.05) is 32.2 Å². The summed E-state index contributed by atoms with van der Waals surface area (Å²) in [5.41, 5.74) is 3.50. The lowest BCUT2D eigenvalue weighted by atomic mass is 9.98. The molecule has 0 aromatic heterocycles. The molecule has 0 saturated heterocycles. The first kappa shape index (κ1) is 18.5. The summed E-state index contributed by atoms with van der Waals surface area (Å²) in [6, 6.07) is 13.0. The highest BCUT2D eigenvalue weighted by Crippen LogP contribution is 2.37. The van der Waals surface area contributed by atoms with Gasteiger partial charge in [-0.25, -0.2) is 0 Å². The molecule has 0 atom stereocenters. The van der Waals surface area contributed by atoms with Crippen molar-refractivity contribution < 1.29 is 14.3 Å². The Kier molecular flexibility index (Phi) is 5.41. The van der Waals surface area contributed by atoms with Crippen LogP contribution in [0.15, 0.2) is 41.4 Å². The zero-order chi connectivity index (χ0) is 19.4. The van der Waals surface area contributed by atoms with Gasteiger partial charge in [-0.05, 0) is 24.6 Å². The van der Waals surface area contributed by atoms with Crippen molar-refractivity contribution in [3.05, 3.63) is 53.1 Å². The van der Waals surface area contributed by atoms with Gasteiger partial charge < -0.3 is 14.4 Å². The number of rotatable bonds is 5. The van der Waals surface area contributed by atoms with E-state index in [0.717, 1.165) is 23.2 Å². The lowest BCUT2D eigenvalue weighted by molar-refractivity contribution is -0.117. The number of amides is 1. The molecule has 1 aliphatic rings. The van der Waals surface area contributed by atoms with Crippen LogP contribution in [-0.4, -0.2) is 38.9 Å². The quantitative estimate of drug-likeness (QED) is 0.818. The molecule has 0 unspecified atom stereocenters. The molecule has 0 N–H and O–H groups in total. The second-order valence-corrected chi connectivity index (χ2v) is 6.13. The van der Waals surface area contributed by atoms with Crippen molar-refractivity contribution in [2.45, 2.75) is 13.3 Å². The van der Waals surface area contributed by atoms with Crippen LogP contribution in [0.4, 0.5) is 5.69 Å². The van der Waals surface area contributed by atoms with Gasteiger partial charge in [-0.15, -0.1) is 0 Å². The third kappa shape index (κ3) is 3.49. The number of carbonyl (C=O) groups excluding carboxylic acids is 1. The SMILES string of the molecule is CCCN1C(=O)CN=C(c2cccc(C#N)c2)c2cc(OC)c(OC)cc21. The van der Waals surface area contributed by atoms with E-state index >= 15 is 0 Å². The number of benzodiazepines with no additional fused rings is 1. The average molecular weight is 363 g/mol. The standard InChI is InChI=1S/C21H21N3O3/c1-4-8-24-17-11-19(27-3)18(26-2)10-16(17)21(23-13-20(24)25)15-7-5-6-14(9-15)12-22/h5-7,9-11H,4,8,13H2,1-3H3. The Bertz CT molecular complexity index is 944. The molecular formula is C21H21N3O3. The Morgan fingerprint density at radius 1 is 1.19 bits per heavy atom. The van der Waals surface area contributed by atoms with E-state index in [2.05, 4.69) is 11.1 Å². The van der Waals surface area contributed by atoms with Gasteiger partial charge in [0.15, 0.2) is 11.5 Å². The third-order valence-corrected chi connectivity index (χ3v) is 4.43. The summed E-state index contributed by atoms with van der Waals surface area (Å²) in [4.78, 5) is 19.0. The van der Waals surface area contributed by atoms with E-state index in [1.54, 1.807) is 31.3 Å². The fourth-order valence-corrected chi connectivity index (χ4v) is 3.18. The summed E-state index contributed by atoms with van der Waals surface area (Å²) in [7, 11) is 3.14. The van der Waals surface area contributed by atoms with Crippen molar-refractivity contribution in [2.24, 2.45) is 4.99 Å². The summed E-state index contributed by atoms with van der Waals surface area (Å²) in [6.45, 7) is 2.66. The molecule has 3 rings (SSSR count). The summed E-state index contributed by atoms with van der Waals surface area (Å²) in [5, 5.41) is 9.23. The van der Waals surface area contributed by atoms with Crippen LogP contribution in [0.2, 0.25) is 0 Å². The normalized spacial score (nSPS) is 13.3. The largest absolute Gasteiger partial charge is 0.493 e. The van der Waals surface area contributed by atoms with Crippen LogP contribution in [0, 0.1) is 11.3 Å². The molecule has 0 fully saturated rings. The smallest absolute Gasteiger partial charge is 0.248 e. The highest BCUT2D eigenvalue weighted by atomic mass is 16.5. The van der Waals surface area contributed by atoms with Gasteiger partial charge in [0.25, 0.3) is 0 Å². The van der Waals surface area contributed by atoms with Crippen LogP contribution in [-0.2, 0) is 4.79 Å². The first-order valence-electron chi connectivity index (χ1n) is 8.74. The minimum atomic E-state index is -0.0724. The lowest BCUT2D eigenvalue weighted by Crippen LogP contribution is -2.33. The van der Waals surface area contributed by atoms with E-state index < -0.39 is 0 Å². The van der Waals surface area contributed by atoms with Crippen molar-refractivity contribution in [1.82, 2.24) is 0 Å². The topological polar surface area (TPSA) is 74.9 Å². The summed E-state index contributed by atoms with van der Waals surface area (Å²) >= 11 is 0. The van der Waals surface area contributed by atoms with Crippen molar-refractivity contribution in [1.29, 1.82) is 5.26 Å². The maximum absolute atomic E-state index is 12.7. The second kappa shape index (κ2) is 7.92. The van der Waals surface area contributed by atoms with Gasteiger partial charge in [0.1, 0.15) is 6.54 Å². The summed E-state index contributed by atoms with van der Waals surface area (Å²) < 4.78 is 10.9. The highest BCUT2D eigenvalue weighted by Gasteiger charge is 2.27. The molecule has 6 nitrogen and oxygen atoms in total. The number of nitriles is 1. The number of ether oxygens (including phenoxy) is 2. The van der Waals surface area contributed by atoms with Crippen LogP contribution < -0.4 is 14.4 Å². The molecule has 1 aliphatic heterocycles. The van der Waals surface area contributed by atoms with Gasteiger partial charge in [-0.3, -0.25) is 9.79 Å². The molecule has 2 aromatic carbocycles. The first-order valence-corrected chi connectivity index (χ1v) is 8.74. The number of benzene rings is 2. The van der Waals surface area contributed by atoms with E-state index in [9.17, 15) is 10.1 Å². The van der Waals surface area contributed by atoms with E-state index in [4.69, 9.17) is 9.47 Å². The molecule has 6 heteroatoms. The van der Waals surface area contributed by atoms with E-state index in [1.165, 1.54) is 0 Å². The zero-order valence-electron chi connectivity index (χ0n) is 15.7. The van der Waals surface area contributed by atoms with Gasteiger partial charge in [0.2, 0.25) is 5.91 Å². The predicted molar refractivity (Wildman–Crippen MR) is 104 cm³/mol. The molecule has 0 spiro atoms. The van der Waals surface area contributed by atoms with Crippen LogP contribution in [0.1, 0.15) is 30.0 Å². The molecular weight excluding hydrogens is 342 g/mol. The zero-order valence-corrected chi connectivity index (χ0v) is 15.7. The van der Waals surface area contributed by atoms with Crippen LogP contribution in [0.5, 0.6) is 11.5 Å². The Labute approximate surface area is 158 Å². The van der Waals surface area contributed by atoms with Crippen molar-refractivity contribution >= 4 is 17.3 Å². The average Bonchev–Trinajstić information content (AvgIpc) is 2.84. The van der Waals surface area contributed by atoms with E-state index in [0.29, 0.717) is 29.3 Å². The van der Waals surface area contributed by atoms with Gasteiger partial charge in [0, 0.05) is 23.7 Å². The van der Waals surface area contributed by atoms with E-state index in [1.807, 2.05) is 31.2 Å². The van der Waals surface area contributed by atoms with Gasteiger partial charge >= 0.3 is 0 Å². The minimum Gasteiger partial charge on any atom is -0.493 e. The van der Waals surface area contributed by atoms with Crippen LogP contribution in [0.3, 0.4) is 0 Å². The molecule has 0 saturated carbocycles. The van der Waals surface area contributed by atoms with Gasteiger partial charge in [-0.1, -0.05) is 19.1 Å². The molecule has 0 aliphatic carbocycles. The highest BCUT2D eigenvalue weighted by molar-refractivity contribution is 6.20. The second-order valence-electron chi connectivity index (χ2n) is 6.13. The maximum atomic E-state index is 12.7. The number of hydrogen-bond acceptors (Lipinski definition) is 5. The maximum Gasteiger partial charge on any atom is 0.248 e. The molecule has 138 valence electrons. The molecule has 1 amide bonds. The third-order valence-electron chi connectivity index (χ3n) is 4.43. The summed E-state index contributed by atoms with van der Waals surface area (Å²) in [5.74, 6) is 1.04. The summed E-state index contributed by atoms with van der Waals surface area (Å²) in [6.07, 6.45) is 0.818. The number of methoxy groups -OCH3 is 2. The Balaban J connectivity index is 2.26.